The minimum atomic E-state index is -0.258. The second-order valence-corrected chi connectivity index (χ2v) is 5.25. The summed E-state index contributed by atoms with van der Waals surface area (Å²) in [5.74, 6) is 2.78. The smallest absolute Gasteiger partial charge is 0.310 e. The average Bonchev–Trinajstić information content (AvgIpc) is 2.62. The van der Waals surface area contributed by atoms with Crippen LogP contribution in [0.2, 0.25) is 0 Å². The van der Waals surface area contributed by atoms with Crippen LogP contribution in [0.5, 0.6) is 5.75 Å². The quantitative estimate of drug-likeness (QED) is 0.325. The van der Waals surface area contributed by atoms with Gasteiger partial charge in [-0.3, -0.25) is 4.79 Å². The van der Waals surface area contributed by atoms with Crippen molar-refractivity contribution < 1.29 is 9.53 Å². The van der Waals surface area contributed by atoms with Crippen molar-refractivity contribution in [2.24, 2.45) is 0 Å². The number of benzene rings is 2. The van der Waals surface area contributed by atoms with Crippen LogP contribution in [0.25, 0.3) is 16.7 Å². The Bertz CT molecular complexity index is 806. The summed E-state index contributed by atoms with van der Waals surface area (Å²) in [6.07, 6.45) is 10.9. The Labute approximate surface area is 143 Å². The van der Waals surface area contributed by atoms with Gasteiger partial charge in [-0.2, -0.15) is 0 Å². The highest BCUT2D eigenvalue weighted by Crippen LogP contribution is 2.36. The number of hydrogen-bond acceptors (Lipinski definition) is 2. The molecule has 0 aromatic heterocycles. The summed E-state index contributed by atoms with van der Waals surface area (Å²) < 4.78 is 5.66. The van der Waals surface area contributed by atoms with Gasteiger partial charge in [0.25, 0.3) is 0 Å². The normalized spacial score (nSPS) is 11.3. The molecule has 0 heterocycles. The molecule has 0 fully saturated rings. The molecular formula is C22H20O2. The first-order chi connectivity index (χ1) is 11.7. The minimum Gasteiger partial charge on any atom is -0.425 e. The van der Waals surface area contributed by atoms with E-state index in [4.69, 9.17) is 11.2 Å². The van der Waals surface area contributed by atoms with Crippen molar-refractivity contribution in [1.82, 2.24) is 0 Å². The maximum Gasteiger partial charge on any atom is 0.310 e. The Kier molecular flexibility index (Phi) is 6.16. The number of carbonyl (C=O) groups is 1. The highest BCUT2D eigenvalue weighted by atomic mass is 16.5. The van der Waals surface area contributed by atoms with Gasteiger partial charge in [0, 0.05) is 17.5 Å². The molecule has 2 heteroatoms. The zero-order chi connectivity index (χ0) is 17.4. The van der Waals surface area contributed by atoms with Crippen LogP contribution in [0.15, 0.2) is 66.8 Å². The van der Waals surface area contributed by atoms with Crippen LogP contribution in [0.3, 0.4) is 0 Å². The van der Waals surface area contributed by atoms with E-state index >= 15 is 0 Å². The lowest BCUT2D eigenvalue weighted by molar-refractivity contribution is -0.133. The molecule has 2 aromatic carbocycles. The summed E-state index contributed by atoms with van der Waals surface area (Å²) in [4.78, 5) is 11.9. The van der Waals surface area contributed by atoms with Crippen LogP contribution in [0.4, 0.5) is 0 Å². The van der Waals surface area contributed by atoms with E-state index in [-0.39, 0.29) is 5.97 Å². The first-order valence-electron chi connectivity index (χ1n) is 7.86. The van der Waals surface area contributed by atoms with Gasteiger partial charge in [-0.25, -0.2) is 0 Å². The Morgan fingerprint density at radius 2 is 1.92 bits per heavy atom. The number of rotatable bonds is 5. The molecule has 0 saturated carbocycles. The standard InChI is InChI=1S/C22H20O2/c1-4-6-8-12-17(3)19-15-11-16-20(18-13-9-7-10-14-18)22(19)24-21(23)5-2/h1,6-16H,5H2,2-3H3/b8-6-,17-12+. The predicted molar refractivity (Wildman–Crippen MR) is 99.4 cm³/mol. The second-order valence-electron chi connectivity index (χ2n) is 5.25. The lowest BCUT2D eigenvalue weighted by Gasteiger charge is -2.15. The highest BCUT2D eigenvalue weighted by molar-refractivity contribution is 5.84. The molecule has 2 nitrogen and oxygen atoms in total. The van der Waals surface area contributed by atoms with Crippen LogP contribution < -0.4 is 4.74 Å². The lowest BCUT2D eigenvalue weighted by Crippen LogP contribution is -2.08. The van der Waals surface area contributed by atoms with E-state index in [9.17, 15) is 4.79 Å². The van der Waals surface area contributed by atoms with Gasteiger partial charge in [0.05, 0.1) is 0 Å². The highest BCUT2D eigenvalue weighted by Gasteiger charge is 2.15. The van der Waals surface area contributed by atoms with Crippen molar-refractivity contribution in [2.75, 3.05) is 0 Å². The van der Waals surface area contributed by atoms with Crippen LogP contribution in [-0.4, -0.2) is 5.97 Å². The van der Waals surface area contributed by atoms with Crippen LogP contribution in [0.1, 0.15) is 25.8 Å². The molecule has 24 heavy (non-hydrogen) atoms. The van der Waals surface area contributed by atoms with Gasteiger partial charge < -0.3 is 4.74 Å². The van der Waals surface area contributed by atoms with Gasteiger partial charge in [0.2, 0.25) is 0 Å². The number of carbonyl (C=O) groups excluding carboxylic acids is 1. The number of ether oxygens (including phenoxy) is 1. The van der Waals surface area contributed by atoms with Crippen molar-refractivity contribution in [3.05, 3.63) is 72.3 Å². The van der Waals surface area contributed by atoms with Crippen LogP contribution in [-0.2, 0) is 4.79 Å². The van der Waals surface area contributed by atoms with Crippen LogP contribution >= 0.6 is 0 Å². The Hall–Kier alpha value is -3.05. The molecule has 0 aliphatic rings. The maximum absolute atomic E-state index is 11.9. The van der Waals surface area contributed by atoms with E-state index in [1.165, 1.54) is 0 Å². The van der Waals surface area contributed by atoms with Gasteiger partial charge >= 0.3 is 5.97 Å². The molecule has 0 amide bonds. The summed E-state index contributed by atoms with van der Waals surface area (Å²) in [7, 11) is 0. The number of hydrogen-bond donors (Lipinski definition) is 0. The predicted octanol–water partition coefficient (Wildman–Crippen LogP) is 5.26. The lowest BCUT2D eigenvalue weighted by atomic mass is 9.97. The van der Waals surface area contributed by atoms with Crippen molar-refractivity contribution in [3.63, 3.8) is 0 Å². The van der Waals surface area contributed by atoms with Crippen molar-refractivity contribution in [1.29, 1.82) is 0 Å². The third kappa shape index (κ3) is 4.24. The van der Waals surface area contributed by atoms with Gasteiger partial charge in [-0.05, 0) is 24.1 Å². The van der Waals surface area contributed by atoms with Gasteiger partial charge in [0.15, 0.2) is 0 Å². The molecule has 0 spiro atoms. The van der Waals surface area contributed by atoms with Crippen LogP contribution in [0, 0.1) is 12.3 Å². The maximum atomic E-state index is 11.9. The summed E-state index contributed by atoms with van der Waals surface area (Å²) >= 11 is 0. The monoisotopic (exact) mass is 316 g/mol. The molecule has 120 valence electrons. The number of terminal acetylenes is 1. The summed E-state index contributed by atoms with van der Waals surface area (Å²) in [5.41, 5.74) is 3.74. The van der Waals surface area contributed by atoms with E-state index in [1.54, 1.807) is 19.1 Å². The van der Waals surface area contributed by atoms with E-state index in [2.05, 4.69) is 5.92 Å². The summed E-state index contributed by atoms with van der Waals surface area (Å²) in [6, 6.07) is 15.8. The van der Waals surface area contributed by atoms with Crippen molar-refractivity contribution in [2.45, 2.75) is 20.3 Å². The second kappa shape index (κ2) is 8.55. The van der Waals surface area contributed by atoms with E-state index in [0.29, 0.717) is 12.2 Å². The zero-order valence-corrected chi connectivity index (χ0v) is 14.0. The molecule has 0 aliphatic carbocycles. The third-order valence-electron chi connectivity index (χ3n) is 3.57. The van der Waals surface area contributed by atoms with Crippen molar-refractivity contribution in [3.8, 4) is 29.2 Å². The van der Waals surface area contributed by atoms with Gasteiger partial charge in [0.1, 0.15) is 5.75 Å². The SMILES string of the molecule is C#C/C=C\C=C(/C)c1cccc(-c2ccccc2)c1OC(=O)CC. The number of esters is 1. The number of para-hydroxylation sites is 1. The molecule has 0 bridgehead atoms. The van der Waals surface area contributed by atoms with Gasteiger partial charge in [-0.15, -0.1) is 6.42 Å². The minimum absolute atomic E-state index is 0.258. The summed E-state index contributed by atoms with van der Waals surface area (Å²) in [5, 5.41) is 0. The molecule has 0 atom stereocenters. The molecule has 0 unspecified atom stereocenters. The molecule has 0 aliphatic heterocycles. The van der Waals surface area contributed by atoms with E-state index in [0.717, 1.165) is 22.3 Å². The fraction of sp³-hybridized carbons (Fsp3) is 0.136. The first kappa shape index (κ1) is 17.3. The Balaban J connectivity index is 2.59. The molecule has 2 rings (SSSR count). The third-order valence-corrected chi connectivity index (χ3v) is 3.57. The summed E-state index contributed by atoms with van der Waals surface area (Å²) in [6.45, 7) is 3.75. The fourth-order valence-corrected chi connectivity index (χ4v) is 2.33. The van der Waals surface area contributed by atoms with Gasteiger partial charge in [-0.1, -0.05) is 73.5 Å². The Morgan fingerprint density at radius 3 is 2.58 bits per heavy atom. The largest absolute Gasteiger partial charge is 0.425 e. The Morgan fingerprint density at radius 1 is 1.17 bits per heavy atom. The number of allylic oxidation sites excluding steroid dienone is 4. The van der Waals surface area contributed by atoms with Crippen molar-refractivity contribution >= 4 is 11.5 Å². The molecule has 2 aromatic rings. The zero-order valence-electron chi connectivity index (χ0n) is 14.0. The topological polar surface area (TPSA) is 26.3 Å². The average molecular weight is 316 g/mol. The van der Waals surface area contributed by atoms with E-state index in [1.807, 2.05) is 61.5 Å². The fourth-order valence-electron chi connectivity index (χ4n) is 2.33. The van der Waals surface area contributed by atoms with E-state index < -0.39 is 0 Å². The molecular weight excluding hydrogens is 296 g/mol. The molecule has 0 saturated heterocycles. The molecule has 0 N–H and O–H groups in total. The molecule has 0 radical (unpaired) electrons. The first-order valence-corrected chi connectivity index (χ1v) is 7.86.